The fourth-order valence-electron chi connectivity index (χ4n) is 2.06. The first-order valence-corrected chi connectivity index (χ1v) is 8.00. The van der Waals surface area contributed by atoms with Crippen molar-refractivity contribution in [1.82, 2.24) is 9.62 Å². The molecule has 1 aliphatic carbocycles. The summed E-state index contributed by atoms with van der Waals surface area (Å²) in [4.78, 5) is 2.37. The van der Waals surface area contributed by atoms with Crippen molar-refractivity contribution in [1.29, 1.82) is 0 Å². The van der Waals surface area contributed by atoms with Crippen molar-refractivity contribution in [2.75, 3.05) is 19.6 Å². The minimum absolute atomic E-state index is 0.100. The summed E-state index contributed by atoms with van der Waals surface area (Å²) in [5.41, 5.74) is 0. The number of hydrogen-bond acceptors (Lipinski definition) is 3. The molecule has 1 aliphatic rings. The lowest BCUT2D eigenvalue weighted by Gasteiger charge is -2.19. The fourth-order valence-corrected chi connectivity index (χ4v) is 3.08. The summed E-state index contributed by atoms with van der Waals surface area (Å²) in [6.45, 7) is 4.10. The van der Waals surface area contributed by atoms with E-state index in [0.717, 1.165) is 18.7 Å². The van der Waals surface area contributed by atoms with E-state index in [1.165, 1.54) is 25.0 Å². The number of nitrogens with zero attached hydrogens (tertiary/aromatic N) is 1. The van der Waals surface area contributed by atoms with E-state index in [-0.39, 0.29) is 4.90 Å². The lowest BCUT2D eigenvalue weighted by Crippen LogP contribution is -2.36. The van der Waals surface area contributed by atoms with Crippen LogP contribution in [-0.4, -0.2) is 39.0 Å². The Balaban J connectivity index is 1.88. The molecule has 0 amide bonds. The van der Waals surface area contributed by atoms with Gasteiger partial charge in [0.25, 0.3) is 0 Å². The quantitative estimate of drug-likeness (QED) is 0.828. The smallest absolute Gasteiger partial charge is 0.240 e. The van der Waals surface area contributed by atoms with Crippen LogP contribution in [0.25, 0.3) is 0 Å². The van der Waals surface area contributed by atoms with Crippen LogP contribution in [0.15, 0.2) is 29.2 Å². The van der Waals surface area contributed by atoms with Gasteiger partial charge in [0.2, 0.25) is 10.0 Å². The molecule has 1 aromatic rings. The minimum atomic E-state index is -3.53. The monoisotopic (exact) mass is 286 g/mol. The molecule has 1 N–H and O–H groups in total. The average molecular weight is 286 g/mol. The lowest BCUT2D eigenvalue weighted by atomic mass is 10.4. The van der Waals surface area contributed by atoms with Crippen molar-refractivity contribution >= 4 is 10.0 Å². The number of rotatable bonds is 7. The molecule has 0 bridgehead atoms. The van der Waals surface area contributed by atoms with Crippen LogP contribution in [-0.2, 0) is 10.0 Å². The number of sulfonamides is 1. The maximum absolute atomic E-state index is 12.8. The molecule has 0 unspecified atom stereocenters. The van der Waals surface area contributed by atoms with Crippen LogP contribution in [0.4, 0.5) is 4.39 Å². The van der Waals surface area contributed by atoms with Gasteiger partial charge in [-0.05, 0) is 43.7 Å². The van der Waals surface area contributed by atoms with Crippen molar-refractivity contribution in [2.45, 2.75) is 30.7 Å². The molecule has 0 atom stereocenters. The molecule has 0 aromatic heterocycles. The molecule has 0 spiro atoms. The highest BCUT2D eigenvalue weighted by Crippen LogP contribution is 2.25. The summed E-state index contributed by atoms with van der Waals surface area (Å²) in [6.07, 6.45) is 2.41. The topological polar surface area (TPSA) is 49.4 Å². The number of hydrogen-bond donors (Lipinski definition) is 1. The molecule has 6 heteroatoms. The zero-order chi connectivity index (χ0) is 13.9. The Morgan fingerprint density at radius 3 is 2.47 bits per heavy atom. The van der Waals surface area contributed by atoms with Crippen LogP contribution in [0.3, 0.4) is 0 Å². The van der Waals surface area contributed by atoms with Crippen molar-refractivity contribution < 1.29 is 12.8 Å². The minimum Gasteiger partial charge on any atom is -0.299 e. The van der Waals surface area contributed by atoms with Gasteiger partial charge in [-0.25, -0.2) is 17.5 Å². The second-order valence-electron chi connectivity index (χ2n) is 4.71. The van der Waals surface area contributed by atoms with Crippen LogP contribution in [0.5, 0.6) is 0 Å². The molecular weight excluding hydrogens is 267 g/mol. The van der Waals surface area contributed by atoms with Crippen LogP contribution in [0, 0.1) is 5.82 Å². The Morgan fingerprint density at radius 2 is 1.95 bits per heavy atom. The molecule has 19 heavy (non-hydrogen) atoms. The van der Waals surface area contributed by atoms with Gasteiger partial charge in [0.05, 0.1) is 4.90 Å². The molecule has 0 aliphatic heterocycles. The van der Waals surface area contributed by atoms with E-state index >= 15 is 0 Å². The molecule has 0 saturated heterocycles. The summed E-state index contributed by atoms with van der Waals surface area (Å²) in [5.74, 6) is -0.440. The predicted octanol–water partition coefficient (Wildman–Crippen LogP) is 1.59. The van der Waals surface area contributed by atoms with Crippen LogP contribution in [0.1, 0.15) is 19.8 Å². The van der Waals surface area contributed by atoms with Crippen LogP contribution in [0.2, 0.25) is 0 Å². The molecule has 0 radical (unpaired) electrons. The second-order valence-corrected chi connectivity index (χ2v) is 6.48. The molecule has 4 nitrogen and oxygen atoms in total. The predicted molar refractivity (Wildman–Crippen MR) is 71.9 cm³/mol. The van der Waals surface area contributed by atoms with E-state index in [2.05, 4.69) is 16.5 Å². The third-order valence-electron chi connectivity index (χ3n) is 3.28. The first-order valence-electron chi connectivity index (χ1n) is 6.52. The summed E-state index contributed by atoms with van der Waals surface area (Å²) >= 11 is 0. The summed E-state index contributed by atoms with van der Waals surface area (Å²) in [7, 11) is -3.53. The van der Waals surface area contributed by atoms with Crippen molar-refractivity contribution in [3.8, 4) is 0 Å². The Labute approximate surface area is 113 Å². The van der Waals surface area contributed by atoms with Gasteiger partial charge in [0.1, 0.15) is 5.82 Å². The van der Waals surface area contributed by atoms with E-state index in [1.54, 1.807) is 0 Å². The Morgan fingerprint density at radius 1 is 1.32 bits per heavy atom. The first kappa shape index (κ1) is 14.4. The highest BCUT2D eigenvalue weighted by molar-refractivity contribution is 7.89. The van der Waals surface area contributed by atoms with Gasteiger partial charge in [0, 0.05) is 19.1 Å². The molecule has 1 aromatic carbocycles. The Kier molecular flexibility index (Phi) is 4.54. The highest BCUT2D eigenvalue weighted by atomic mass is 32.2. The summed E-state index contributed by atoms with van der Waals surface area (Å²) in [5, 5.41) is 0. The summed E-state index contributed by atoms with van der Waals surface area (Å²) < 4.78 is 39.2. The highest BCUT2D eigenvalue weighted by Gasteiger charge is 2.27. The van der Waals surface area contributed by atoms with Gasteiger partial charge in [-0.15, -0.1) is 0 Å². The van der Waals surface area contributed by atoms with Crippen LogP contribution < -0.4 is 4.72 Å². The molecule has 2 rings (SSSR count). The van der Waals surface area contributed by atoms with Gasteiger partial charge in [0.15, 0.2) is 0 Å². The number of likely N-dealkylation sites (N-methyl/N-ethyl adjacent to an activating group) is 1. The first-order chi connectivity index (χ1) is 9.03. The average Bonchev–Trinajstić information content (AvgIpc) is 3.19. The number of benzene rings is 1. The van der Waals surface area contributed by atoms with E-state index in [1.807, 2.05) is 0 Å². The van der Waals surface area contributed by atoms with E-state index in [4.69, 9.17) is 0 Å². The molecule has 1 fully saturated rings. The van der Waals surface area contributed by atoms with Gasteiger partial charge in [-0.2, -0.15) is 0 Å². The van der Waals surface area contributed by atoms with Crippen molar-refractivity contribution in [3.63, 3.8) is 0 Å². The second kappa shape index (κ2) is 5.98. The Hall–Kier alpha value is -0.980. The third-order valence-corrected chi connectivity index (χ3v) is 4.76. The zero-order valence-electron chi connectivity index (χ0n) is 11.0. The summed E-state index contributed by atoms with van der Waals surface area (Å²) in [6, 6.07) is 5.47. The maximum Gasteiger partial charge on any atom is 0.240 e. The van der Waals surface area contributed by atoms with Gasteiger partial charge < -0.3 is 0 Å². The largest absolute Gasteiger partial charge is 0.299 e. The zero-order valence-corrected chi connectivity index (χ0v) is 11.8. The SMILES string of the molecule is CCN(CCNS(=O)(=O)c1ccc(F)cc1)C1CC1. The van der Waals surface area contributed by atoms with Crippen molar-refractivity contribution in [2.24, 2.45) is 0 Å². The molecule has 0 heterocycles. The number of halogens is 1. The molecule has 1 saturated carbocycles. The lowest BCUT2D eigenvalue weighted by molar-refractivity contribution is 0.282. The normalized spacial score (nSPS) is 15.9. The number of nitrogens with one attached hydrogen (secondary N) is 1. The van der Waals surface area contributed by atoms with Crippen molar-refractivity contribution in [3.05, 3.63) is 30.1 Å². The Bertz CT molecular complexity index is 512. The van der Waals surface area contributed by atoms with Gasteiger partial charge in [-0.3, -0.25) is 4.90 Å². The van der Waals surface area contributed by atoms with E-state index in [9.17, 15) is 12.8 Å². The van der Waals surface area contributed by atoms with Crippen LogP contribution >= 0.6 is 0 Å². The van der Waals surface area contributed by atoms with Gasteiger partial charge in [-0.1, -0.05) is 6.92 Å². The molecule has 106 valence electrons. The van der Waals surface area contributed by atoms with E-state index in [0.29, 0.717) is 19.1 Å². The molecular formula is C13H19FN2O2S. The third kappa shape index (κ3) is 3.99. The van der Waals surface area contributed by atoms with Gasteiger partial charge >= 0.3 is 0 Å². The van der Waals surface area contributed by atoms with E-state index < -0.39 is 15.8 Å². The fraction of sp³-hybridized carbons (Fsp3) is 0.538. The maximum atomic E-state index is 12.8. The standard InChI is InChI=1S/C13H19FN2O2S/c1-2-16(12-5-6-12)10-9-15-19(17,18)13-7-3-11(14)4-8-13/h3-4,7-8,12,15H,2,5-6,9-10H2,1H3.